The van der Waals surface area contributed by atoms with Crippen molar-refractivity contribution in [2.45, 2.75) is 13.5 Å². The van der Waals surface area contributed by atoms with E-state index in [2.05, 4.69) is 10.2 Å². The number of nitrogens with zero attached hydrogens (tertiary/aromatic N) is 4. The number of carbonyl (C=O) groups excluding carboxylic acids is 2. The molecule has 134 valence electrons. The minimum absolute atomic E-state index is 0.349. The van der Waals surface area contributed by atoms with Gasteiger partial charge in [-0.25, -0.2) is 4.68 Å². The Morgan fingerprint density at radius 3 is 2.22 bits per heavy atom. The van der Waals surface area contributed by atoms with Crippen molar-refractivity contribution in [1.82, 2.24) is 14.8 Å². The molecule has 0 bridgehead atoms. The largest absolute Gasteiger partial charge is 0.282 e. The highest BCUT2D eigenvalue weighted by atomic mass is 35.5. The second-order valence-electron chi connectivity index (χ2n) is 6.15. The third kappa shape index (κ3) is 3.04. The van der Waals surface area contributed by atoms with E-state index in [1.807, 2.05) is 30.3 Å². The number of hydrogen-bond donors (Lipinski definition) is 0. The molecule has 3 aromatic rings. The third-order valence-corrected chi connectivity index (χ3v) is 4.76. The van der Waals surface area contributed by atoms with Gasteiger partial charge in [-0.1, -0.05) is 54.1 Å². The summed E-state index contributed by atoms with van der Waals surface area (Å²) in [6.45, 7) is 2.32. The van der Waals surface area contributed by atoms with Crippen LogP contribution >= 0.6 is 11.6 Å². The maximum atomic E-state index is 12.4. The van der Waals surface area contributed by atoms with Gasteiger partial charge in [-0.2, -0.15) is 15.2 Å². The summed E-state index contributed by atoms with van der Waals surface area (Å²) in [5, 5.41) is 9.77. The number of fused-ring (bicyclic) bond motifs is 1. The van der Waals surface area contributed by atoms with Gasteiger partial charge in [-0.05, 0) is 24.6 Å². The number of carbonyl (C=O) groups is 2. The molecule has 0 atom stereocenters. The first-order valence-corrected chi connectivity index (χ1v) is 8.72. The summed E-state index contributed by atoms with van der Waals surface area (Å²) >= 11 is 6.45. The Hall–Kier alpha value is -3.25. The average molecular weight is 379 g/mol. The first-order valence-electron chi connectivity index (χ1n) is 8.35. The molecule has 27 heavy (non-hydrogen) atoms. The van der Waals surface area contributed by atoms with Gasteiger partial charge in [0.1, 0.15) is 5.15 Å². The predicted molar refractivity (Wildman–Crippen MR) is 102 cm³/mol. The van der Waals surface area contributed by atoms with E-state index in [-0.39, 0.29) is 0 Å². The summed E-state index contributed by atoms with van der Waals surface area (Å²) in [5.74, 6) is -0.894. The number of imide groups is 1. The number of hydrogen-bond acceptors (Lipinski definition) is 4. The highest BCUT2D eigenvalue weighted by molar-refractivity contribution is 6.32. The quantitative estimate of drug-likeness (QED) is 0.515. The van der Waals surface area contributed by atoms with Crippen molar-refractivity contribution in [3.8, 4) is 0 Å². The van der Waals surface area contributed by atoms with Crippen molar-refractivity contribution in [2.75, 3.05) is 0 Å². The van der Waals surface area contributed by atoms with E-state index in [1.54, 1.807) is 35.9 Å². The molecule has 6 nitrogen and oxygen atoms in total. The van der Waals surface area contributed by atoms with Crippen molar-refractivity contribution >= 4 is 29.6 Å². The maximum Gasteiger partial charge on any atom is 0.282 e. The Bertz CT molecular complexity index is 1040. The van der Waals surface area contributed by atoms with Crippen LogP contribution in [-0.4, -0.2) is 32.8 Å². The summed E-state index contributed by atoms with van der Waals surface area (Å²) < 4.78 is 1.66. The second kappa shape index (κ2) is 6.81. The number of rotatable bonds is 4. The average Bonchev–Trinajstić information content (AvgIpc) is 3.08. The molecule has 1 aliphatic heterocycles. The highest BCUT2D eigenvalue weighted by Gasteiger charge is 2.35. The molecule has 0 spiro atoms. The Balaban J connectivity index is 1.60. The number of hydrazone groups is 1. The lowest BCUT2D eigenvalue weighted by molar-refractivity contribution is 0.0660. The van der Waals surface area contributed by atoms with E-state index < -0.39 is 11.8 Å². The molecule has 0 fully saturated rings. The van der Waals surface area contributed by atoms with Crippen molar-refractivity contribution in [3.05, 3.63) is 87.7 Å². The number of aryl methyl sites for hydroxylation is 1. The molecule has 2 aromatic carbocycles. The lowest BCUT2D eigenvalue weighted by Gasteiger charge is -2.05. The van der Waals surface area contributed by atoms with Crippen LogP contribution in [0.2, 0.25) is 5.15 Å². The summed E-state index contributed by atoms with van der Waals surface area (Å²) in [6.07, 6.45) is 1.41. The summed E-state index contributed by atoms with van der Waals surface area (Å²) in [5.41, 5.74) is 3.00. The molecule has 1 aliphatic rings. The van der Waals surface area contributed by atoms with Crippen LogP contribution in [0.25, 0.3) is 0 Å². The fraction of sp³-hybridized carbons (Fsp3) is 0.100. The van der Waals surface area contributed by atoms with Crippen molar-refractivity contribution in [1.29, 1.82) is 0 Å². The predicted octanol–water partition coefficient (Wildman–Crippen LogP) is 3.52. The van der Waals surface area contributed by atoms with Gasteiger partial charge in [-0.15, -0.1) is 0 Å². The fourth-order valence-electron chi connectivity index (χ4n) is 2.97. The standard InChI is InChI=1S/C20H15ClN4O2/c1-13-17(18(21)24(23-13)12-14-7-3-2-4-8-14)11-22-25-19(26)15-9-5-6-10-16(15)20(25)27/h2-11H,12H2,1H3/b22-11-. The van der Waals surface area contributed by atoms with Crippen LogP contribution in [0.3, 0.4) is 0 Å². The van der Waals surface area contributed by atoms with Gasteiger partial charge >= 0.3 is 0 Å². The maximum absolute atomic E-state index is 12.4. The zero-order chi connectivity index (χ0) is 19.0. The second-order valence-corrected chi connectivity index (χ2v) is 6.50. The molecule has 0 saturated heterocycles. The normalized spacial score (nSPS) is 13.6. The fourth-order valence-corrected chi connectivity index (χ4v) is 3.25. The van der Waals surface area contributed by atoms with Crippen molar-refractivity contribution in [3.63, 3.8) is 0 Å². The smallest absolute Gasteiger partial charge is 0.267 e. The zero-order valence-corrected chi connectivity index (χ0v) is 15.2. The molecular weight excluding hydrogens is 364 g/mol. The molecule has 0 unspecified atom stereocenters. The Morgan fingerprint density at radius 2 is 1.59 bits per heavy atom. The van der Waals surface area contributed by atoms with Gasteiger partial charge in [-0.3, -0.25) is 9.59 Å². The topological polar surface area (TPSA) is 67.6 Å². The van der Waals surface area contributed by atoms with Crippen LogP contribution in [0.15, 0.2) is 59.7 Å². The van der Waals surface area contributed by atoms with Crippen LogP contribution < -0.4 is 0 Å². The Kier molecular flexibility index (Phi) is 4.33. The summed E-state index contributed by atoms with van der Waals surface area (Å²) in [7, 11) is 0. The first kappa shape index (κ1) is 17.2. The SMILES string of the molecule is Cc1nn(Cc2ccccc2)c(Cl)c1/C=N\N1C(=O)c2ccccc2C1=O. The van der Waals surface area contributed by atoms with Gasteiger partial charge in [0, 0.05) is 0 Å². The number of benzene rings is 2. The van der Waals surface area contributed by atoms with Crippen LogP contribution in [0.1, 0.15) is 37.5 Å². The number of amides is 2. The van der Waals surface area contributed by atoms with Crippen molar-refractivity contribution in [2.24, 2.45) is 5.10 Å². The van der Waals surface area contributed by atoms with E-state index in [4.69, 9.17) is 11.6 Å². The summed E-state index contributed by atoms with van der Waals surface area (Å²) in [6, 6.07) is 16.5. The molecule has 0 saturated carbocycles. The number of halogens is 1. The highest BCUT2D eigenvalue weighted by Crippen LogP contribution is 2.24. The van der Waals surface area contributed by atoms with Gasteiger partial charge in [0.2, 0.25) is 0 Å². The van der Waals surface area contributed by atoms with Crippen LogP contribution in [0.5, 0.6) is 0 Å². The van der Waals surface area contributed by atoms with Crippen LogP contribution in [0, 0.1) is 6.92 Å². The molecule has 4 rings (SSSR count). The van der Waals surface area contributed by atoms with E-state index in [0.29, 0.717) is 34.1 Å². The van der Waals surface area contributed by atoms with E-state index in [9.17, 15) is 9.59 Å². The molecular formula is C20H15ClN4O2. The first-order chi connectivity index (χ1) is 13.1. The Morgan fingerprint density at radius 1 is 1.00 bits per heavy atom. The molecule has 0 radical (unpaired) electrons. The third-order valence-electron chi connectivity index (χ3n) is 4.36. The molecule has 7 heteroatoms. The summed E-state index contributed by atoms with van der Waals surface area (Å²) in [4.78, 5) is 24.8. The molecule has 1 aromatic heterocycles. The van der Waals surface area contributed by atoms with Crippen LogP contribution in [-0.2, 0) is 6.54 Å². The lowest BCUT2D eigenvalue weighted by Crippen LogP contribution is -2.24. The van der Waals surface area contributed by atoms with E-state index >= 15 is 0 Å². The molecule has 2 heterocycles. The molecule has 0 aliphatic carbocycles. The van der Waals surface area contributed by atoms with Crippen molar-refractivity contribution < 1.29 is 9.59 Å². The van der Waals surface area contributed by atoms with Gasteiger partial charge in [0.05, 0.1) is 35.1 Å². The van der Waals surface area contributed by atoms with E-state index in [1.165, 1.54) is 6.21 Å². The number of aromatic nitrogens is 2. The molecule has 2 amide bonds. The molecule has 0 N–H and O–H groups in total. The lowest BCUT2D eigenvalue weighted by atomic mass is 10.1. The zero-order valence-electron chi connectivity index (χ0n) is 14.5. The van der Waals surface area contributed by atoms with Crippen LogP contribution in [0.4, 0.5) is 0 Å². The Labute approximate surface area is 160 Å². The van der Waals surface area contributed by atoms with Gasteiger partial charge < -0.3 is 0 Å². The minimum atomic E-state index is -0.447. The van der Waals surface area contributed by atoms with Gasteiger partial charge in [0.25, 0.3) is 11.8 Å². The van der Waals surface area contributed by atoms with Gasteiger partial charge in [0.15, 0.2) is 0 Å². The van der Waals surface area contributed by atoms with E-state index in [0.717, 1.165) is 10.6 Å². The monoisotopic (exact) mass is 378 g/mol. The minimum Gasteiger partial charge on any atom is -0.267 e.